The quantitative estimate of drug-likeness (QED) is 0.203. The van der Waals surface area contributed by atoms with Crippen LogP contribution in [-0.2, 0) is 9.53 Å². The van der Waals surface area contributed by atoms with Crippen molar-refractivity contribution in [1.82, 2.24) is 0 Å². The third-order valence-electron chi connectivity index (χ3n) is 3.86. The molecule has 0 radical (unpaired) electrons. The van der Waals surface area contributed by atoms with Gasteiger partial charge in [-0.05, 0) is 12.8 Å². The molecule has 1 atom stereocenters. The van der Waals surface area contributed by atoms with Crippen LogP contribution in [0, 0.1) is 0 Å². The van der Waals surface area contributed by atoms with Crippen LogP contribution in [0.2, 0.25) is 0 Å². The first-order valence-electron chi connectivity index (χ1n) is 8.94. The zero-order valence-corrected chi connectivity index (χ0v) is 14.9. The number of alkyl halides is 1. The fourth-order valence-corrected chi connectivity index (χ4v) is 2.75. The highest BCUT2D eigenvalue weighted by molar-refractivity contribution is 6.20. The summed E-state index contributed by atoms with van der Waals surface area (Å²) >= 11 is 6.20. The molecule has 0 rings (SSSR count). The molecular formula is C18H35ClO2. The molecule has 0 N–H and O–H groups in total. The van der Waals surface area contributed by atoms with Crippen LogP contribution in [0.5, 0.6) is 0 Å². The Hall–Kier alpha value is -0.240. The number of halogens is 1. The summed E-state index contributed by atoms with van der Waals surface area (Å²) < 4.78 is 4.90. The Morgan fingerprint density at radius 2 is 1.33 bits per heavy atom. The van der Waals surface area contributed by atoms with Gasteiger partial charge in [-0.15, -0.1) is 11.6 Å². The minimum atomic E-state index is -0.214. The smallest absolute Gasteiger partial charge is 0.302 e. The van der Waals surface area contributed by atoms with Crippen molar-refractivity contribution < 1.29 is 9.53 Å². The lowest BCUT2D eigenvalue weighted by Crippen LogP contribution is -2.07. The SMILES string of the molecule is CCCCCCCCCCCCCC(Cl)CCOC(C)=O. The van der Waals surface area contributed by atoms with Gasteiger partial charge in [0.25, 0.3) is 0 Å². The van der Waals surface area contributed by atoms with E-state index < -0.39 is 0 Å². The first-order valence-corrected chi connectivity index (χ1v) is 9.38. The fraction of sp³-hybridized carbons (Fsp3) is 0.944. The molecule has 0 aromatic rings. The van der Waals surface area contributed by atoms with Crippen LogP contribution < -0.4 is 0 Å². The van der Waals surface area contributed by atoms with Gasteiger partial charge in [-0.1, -0.05) is 77.6 Å². The minimum Gasteiger partial charge on any atom is -0.466 e. The van der Waals surface area contributed by atoms with Gasteiger partial charge in [0, 0.05) is 12.3 Å². The Morgan fingerprint density at radius 3 is 1.81 bits per heavy atom. The van der Waals surface area contributed by atoms with E-state index in [9.17, 15) is 4.79 Å². The van der Waals surface area contributed by atoms with Crippen molar-refractivity contribution in [2.45, 2.75) is 103 Å². The number of carbonyl (C=O) groups is 1. The first-order chi connectivity index (χ1) is 10.2. The molecule has 0 bridgehead atoms. The Bertz CT molecular complexity index is 231. The molecule has 21 heavy (non-hydrogen) atoms. The summed E-state index contributed by atoms with van der Waals surface area (Å²) in [4.78, 5) is 10.6. The molecule has 0 saturated heterocycles. The number of carbonyl (C=O) groups excluding carboxylic acids is 1. The van der Waals surface area contributed by atoms with Crippen LogP contribution in [0.15, 0.2) is 0 Å². The molecule has 2 nitrogen and oxygen atoms in total. The lowest BCUT2D eigenvalue weighted by Gasteiger charge is -2.09. The largest absolute Gasteiger partial charge is 0.466 e. The van der Waals surface area contributed by atoms with Crippen LogP contribution in [0.4, 0.5) is 0 Å². The molecule has 0 fully saturated rings. The standard InChI is InChI=1S/C18H35ClO2/c1-3-4-5-6-7-8-9-10-11-12-13-14-18(19)15-16-21-17(2)20/h18H,3-16H2,1-2H3. The highest BCUT2D eigenvalue weighted by atomic mass is 35.5. The van der Waals surface area contributed by atoms with Gasteiger partial charge in [-0.2, -0.15) is 0 Å². The summed E-state index contributed by atoms with van der Waals surface area (Å²) in [5, 5.41) is 0.155. The normalized spacial score (nSPS) is 12.3. The second-order valence-corrected chi connectivity index (χ2v) is 6.67. The number of hydrogen-bond donors (Lipinski definition) is 0. The van der Waals surface area contributed by atoms with Gasteiger partial charge in [-0.25, -0.2) is 0 Å². The van der Waals surface area contributed by atoms with Gasteiger partial charge in [0.2, 0.25) is 0 Å². The van der Waals surface area contributed by atoms with Gasteiger partial charge in [-0.3, -0.25) is 4.79 Å². The molecule has 0 saturated carbocycles. The molecule has 0 amide bonds. The summed E-state index contributed by atoms with van der Waals surface area (Å²) in [6, 6.07) is 0. The van der Waals surface area contributed by atoms with Crippen molar-refractivity contribution in [3.05, 3.63) is 0 Å². The molecule has 0 aliphatic heterocycles. The average Bonchev–Trinajstić information content (AvgIpc) is 2.44. The van der Waals surface area contributed by atoms with Gasteiger partial charge in [0.15, 0.2) is 0 Å². The van der Waals surface area contributed by atoms with Crippen molar-refractivity contribution in [2.75, 3.05) is 6.61 Å². The summed E-state index contributed by atoms with van der Waals surface area (Å²) in [5.74, 6) is -0.214. The molecule has 0 aliphatic rings. The van der Waals surface area contributed by atoms with Crippen LogP contribution in [0.1, 0.15) is 97.3 Å². The average molecular weight is 319 g/mol. The maximum absolute atomic E-state index is 10.6. The lowest BCUT2D eigenvalue weighted by atomic mass is 10.0. The molecule has 0 aliphatic carbocycles. The maximum atomic E-state index is 10.6. The number of unbranched alkanes of at least 4 members (excludes halogenated alkanes) is 10. The van der Waals surface area contributed by atoms with Gasteiger partial charge < -0.3 is 4.74 Å². The summed E-state index contributed by atoms with van der Waals surface area (Å²) in [7, 11) is 0. The highest BCUT2D eigenvalue weighted by Gasteiger charge is 2.05. The van der Waals surface area contributed by atoms with E-state index in [-0.39, 0.29) is 11.3 Å². The zero-order valence-electron chi connectivity index (χ0n) is 14.2. The molecule has 0 heterocycles. The maximum Gasteiger partial charge on any atom is 0.302 e. The van der Waals surface area contributed by atoms with Crippen molar-refractivity contribution in [3.63, 3.8) is 0 Å². The topological polar surface area (TPSA) is 26.3 Å². The third kappa shape index (κ3) is 17.7. The van der Waals surface area contributed by atoms with Gasteiger partial charge in [0.05, 0.1) is 6.61 Å². The predicted molar refractivity (Wildman–Crippen MR) is 92.0 cm³/mol. The van der Waals surface area contributed by atoms with Gasteiger partial charge in [0.1, 0.15) is 0 Å². The van der Waals surface area contributed by atoms with Gasteiger partial charge >= 0.3 is 5.97 Å². The van der Waals surface area contributed by atoms with E-state index in [0.717, 1.165) is 12.8 Å². The zero-order chi connectivity index (χ0) is 15.8. The Morgan fingerprint density at radius 1 is 0.857 bits per heavy atom. The minimum absolute atomic E-state index is 0.155. The number of ether oxygens (including phenoxy) is 1. The van der Waals surface area contributed by atoms with E-state index in [0.29, 0.717) is 6.61 Å². The molecule has 0 aromatic heterocycles. The van der Waals surface area contributed by atoms with Crippen molar-refractivity contribution >= 4 is 17.6 Å². The molecular weight excluding hydrogens is 284 g/mol. The highest BCUT2D eigenvalue weighted by Crippen LogP contribution is 2.15. The van der Waals surface area contributed by atoms with Crippen molar-refractivity contribution in [3.8, 4) is 0 Å². The number of esters is 1. The summed E-state index contributed by atoms with van der Waals surface area (Å²) in [5.41, 5.74) is 0. The van der Waals surface area contributed by atoms with E-state index in [1.54, 1.807) is 0 Å². The Kier molecular flexibility index (Phi) is 16.0. The second-order valence-electron chi connectivity index (χ2n) is 6.05. The molecule has 126 valence electrons. The lowest BCUT2D eigenvalue weighted by molar-refractivity contribution is -0.141. The van der Waals surface area contributed by atoms with E-state index in [1.165, 1.54) is 77.6 Å². The summed E-state index contributed by atoms with van der Waals surface area (Å²) in [6.45, 7) is 4.16. The third-order valence-corrected chi connectivity index (χ3v) is 4.29. The molecule has 3 heteroatoms. The van der Waals surface area contributed by atoms with Crippen LogP contribution in [0.3, 0.4) is 0 Å². The monoisotopic (exact) mass is 318 g/mol. The van der Waals surface area contributed by atoms with E-state index in [2.05, 4.69) is 6.92 Å². The second kappa shape index (κ2) is 16.1. The van der Waals surface area contributed by atoms with Crippen LogP contribution >= 0.6 is 11.6 Å². The Labute approximate surface area is 137 Å². The van der Waals surface area contributed by atoms with Crippen LogP contribution in [-0.4, -0.2) is 18.0 Å². The predicted octanol–water partition coefficient (Wildman–Crippen LogP) is 6.25. The first kappa shape index (κ1) is 20.8. The van der Waals surface area contributed by atoms with Crippen molar-refractivity contribution in [1.29, 1.82) is 0 Å². The van der Waals surface area contributed by atoms with Crippen LogP contribution in [0.25, 0.3) is 0 Å². The van der Waals surface area contributed by atoms with E-state index >= 15 is 0 Å². The molecule has 0 aromatic carbocycles. The number of rotatable bonds is 15. The molecule has 1 unspecified atom stereocenters. The number of hydrogen-bond acceptors (Lipinski definition) is 2. The van der Waals surface area contributed by atoms with Crippen molar-refractivity contribution in [2.24, 2.45) is 0 Å². The molecule has 0 spiro atoms. The van der Waals surface area contributed by atoms with E-state index in [4.69, 9.17) is 16.3 Å². The fourth-order valence-electron chi connectivity index (χ4n) is 2.50. The summed E-state index contributed by atoms with van der Waals surface area (Å²) in [6.07, 6.45) is 16.8. The Balaban J connectivity index is 3.12. The van der Waals surface area contributed by atoms with E-state index in [1.807, 2.05) is 0 Å².